The molecule has 0 fully saturated rings. The summed E-state index contributed by atoms with van der Waals surface area (Å²) < 4.78 is 48.2. The number of benzene rings is 1. The molecular formula is C8H3ClF4O. The lowest BCUT2D eigenvalue weighted by Gasteiger charge is -2.06. The van der Waals surface area contributed by atoms with Crippen molar-refractivity contribution in [3.63, 3.8) is 0 Å². The third-order valence-corrected chi connectivity index (χ3v) is 1.75. The maximum atomic E-state index is 12.4. The molecule has 0 amide bonds. The Morgan fingerprint density at radius 1 is 1.29 bits per heavy atom. The summed E-state index contributed by atoms with van der Waals surface area (Å²) in [4.78, 5) is 10.7. The van der Waals surface area contributed by atoms with Crippen LogP contribution in [0.4, 0.5) is 17.6 Å². The Balaban J connectivity index is 3.15. The number of alkyl halides is 3. The normalized spacial score (nSPS) is 11.5. The minimum Gasteiger partial charge on any atom is -0.284 e. The maximum Gasteiger partial charge on any atom is 0.454 e. The quantitative estimate of drug-likeness (QED) is 0.531. The SMILES string of the molecule is O=C(c1ccc(F)cc1Cl)C(F)(F)F. The Kier molecular flexibility index (Phi) is 2.80. The van der Waals surface area contributed by atoms with Crippen LogP contribution in [0.1, 0.15) is 10.4 Å². The van der Waals surface area contributed by atoms with Crippen LogP contribution in [0, 0.1) is 5.82 Å². The van der Waals surface area contributed by atoms with Gasteiger partial charge in [-0.1, -0.05) is 11.6 Å². The summed E-state index contributed by atoms with van der Waals surface area (Å²) in [7, 11) is 0. The highest BCUT2D eigenvalue weighted by Crippen LogP contribution is 2.26. The van der Waals surface area contributed by atoms with Crippen molar-refractivity contribution >= 4 is 17.4 Å². The Labute approximate surface area is 81.3 Å². The Morgan fingerprint density at radius 3 is 2.29 bits per heavy atom. The summed E-state index contributed by atoms with van der Waals surface area (Å²) >= 11 is 5.27. The number of carbonyl (C=O) groups is 1. The molecule has 0 bridgehead atoms. The largest absolute Gasteiger partial charge is 0.454 e. The lowest BCUT2D eigenvalue weighted by molar-refractivity contribution is -0.0885. The first-order chi connectivity index (χ1) is 6.32. The third kappa shape index (κ3) is 2.23. The molecule has 1 aromatic carbocycles. The summed E-state index contributed by atoms with van der Waals surface area (Å²) in [6.45, 7) is 0. The number of halogens is 5. The van der Waals surface area contributed by atoms with Crippen molar-refractivity contribution in [2.75, 3.05) is 0 Å². The van der Waals surface area contributed by atoms with Gasteiger partial charge in [0.15, 0.2) is 0 Å². The van der Waals surface area contributed by atoms with Crippen molar-refractivity contribution in [1.82, 2.24) is 0 Å². The van der Waals surface area contributed by atoms with Crippen LogP contribution in [0.3, 0.4) is 0 Å². The molecule has 0 radical (unpaired) electrons. The van der Waals surface area contributed by atoms with Crippen molar-refractivity contribution in [3.8, 4) is 0 Å². The van der Waals surface area contributed by atoms with Gasteiger partial charge in [-0.25, -0.2) is 4.39 Å². The van der Waals surface area contributed by atoms with E-state index in [1.165, 1.54) is 0 Å². The fourth-order valence-electron chi connectivity index (χ4n) is 0.826. The van der Waals surface area contributed by atoms with Gasteiger partial charge in [0.2, 0.25) is 0 Å². The average molecular weight is 227 g/mol. The van der Waals surface area contributed by atoms with Crippen LogP contribution in [0.25, 0.3) is 0 Å². The van der Waals surface area contributed by atoms with E-state index in [0.29, 0.717) is 12.1 Å². The summed E-state index contributed by atoms with van der Waals surface area (Å²) in [5.41, 5.74) is -0.749. The van der Waals surface area contributed by atoms with Gasteiger partial charge in [-0.15, -0.1) is 0 Å². The second-order valence-corrected chi connectivity index (χ2v) is 2.86. The molecule has 1 rings (SSSR count). The van der Waals surface area contributed by atoms with Gasteiger partial charge in [-0.05, 0) is 18.2 Å². The molecule has 14 heavy (non-hydrogen) atoms. The molecule has 0 aliphatic heterocycles. The number of hydrogen-bond acceptors (Lipinski definition) is 1. The zero-order valence-electron chi connectivity index (χ0n) is 6.53. The number of hydrogen-bond donors (Lipinski definition) is 0. The van der Waals surface area contributed by atoms with Crippen molar-refractivity contribution in [2.45, 2.75) is 6.18 Å². The van der Waals surface area contributed by atoms with E-state index >= 15 is 0 Å². The van der Waals surface area contributed by atoms with Gasteiger partial charge >= 0.3 is 6.18 Å². The molecule has 0 atom stereocenters. The summed E-state index contributed by atoms with van der Waals surface area (Å²) in [6, 6.07) is 2.10. The lowest BCUT2D eigenvalue weighted by atomic mass is 10.1. The fraction of sp³-hybridized carbons (Fsp3) is 0.125. The van der Waals surface area contributed by atoms with E-state index in [4.69, 9.17) is 11.6 Å². The highest BCUT2D eigenvalue weighted by molar-refractivity contribution is 6.34. The maximum absolute atomic E-state index is 12.4. The summed E-state index contributed by atoms with van der Waals surface area (Å²) in [6.07, 6.45) is -5.00. The second kappa shape index (κ2) is 3.57. The first-order valence-corrected chi connectivity index (χ1v) is 3.77. The van der Waals surface area contributed by atoms with E-state index in [1.54, 1.807) is 0 Å². The molecule has 0 aliphatic carbocycles. The minimum absolute atomic E-state index is 0.549. The highest BCUT2D eigenvalue weighted by Gasteiger charge is 2.40. The summed E-state index contributed by atoms with van der Waals surface area (Å²) in [5, 5.41) is -0.549. The van der Waals surface area contributed by atoms with Gasteiger partial charge in [0.25, 0.3) is 5.78 Å². The monoisotopic (exact) mass is 226 g/mol. The topological polar surface area (TPSA) is 17.1 Å². The van der Waals surface area contributed by atoms with Crippen LogP contribution >= 0.6 is 11.6 Å². The van der Waals surface area contributed by atoms with Gasteiger partial charge in [-0.3, -0.25) is 4.79 Å². The second-order valence-electron chi connectivity index (χ2n) is 2.45. The van der Waals surface area contributed by atoms with Crippen LogP contribution in [0.2, 0.25) is 5.02 Å². The van der Waals surface area contributed by atoms with Crippen molar-refractivity contribution in [3.05, 3.63) is 34.6 Å². The van der Waals surface area contributed by atoms with Gasteiger partial charge in [0.1, 0.15) is 5.82 Å². The smallest absolute Gasteiger partial charge is 0.284 e. The number of Topliss-reactive ketones (excluding diaryl/α,β-unsaturated/α-hetero) is 1. The van der Waals surface area contributed by atoms with Crippen LogP contribution in [0.5, 0.6) is 0 Å². The lowest BCUT2D eigenvalue weighted by Crippen LogP contribution is -2.23. The van der Waals surface area contributed by atoms with E-state index < -0.39 is 28.4 Å². The van der Waals surface area contributed by atoms with Gasteiger partial charge < -0.3 is 0 Å². The highest BCUT2D eigenvalue weighted by atomic mass is 35.5. The Morgan fingerprint density at radius 2 is 1.86 bits per heavy atom. The van der Waals surface area contributed by atoms with Gasteiger partial charge in [0.05, 0.1) is 5.02 Å². The molecule has 0 saturated heterocycles. The first kappa shape index (κ1) is 11.0. The van der Waals surface area contributed by atoms with E-state index in [2.05, 4.69) is 0 Å². The Bertz CT molecular complexity index is 372. The Hall–Kier alpha value is -1.10. The number of carbonyl (C=O) groups excluding carboxylic acids is 1. The van der Waals surface area contributed by atoms with Crippen molar-refractivity contribution < 1.29 is 22.4 Å². The first-order valence-electron chi connectivity index (χ1n) is 3.39. The summed E-state index contributed by atoms with van der Waals surface area (Å²) in [5.74, 6) is -2.88. The molecular weight excluding hydrogens is 224 g/mol. The standard InChI is InChI=1S/C8H3ClF4O/c9-6-3-4(10)1-2-5(6)7(14)8(11,12)13/h1-3H. The third-order valence-electron chi connectivity index (χ3n) is 1.43. The van der Waals surface area contributed by atoms with Crippen LogP contribution in [-0.2, 0) is 0 Å². The molecule has 1 aromatic rings. The van der Waals surface area contributed by atoms with E-state index in [-0.39, 0.29) is 0 Å². The van der Waals surface area contributed by atoms with Crippen molar-refractivity contribution in [1.29, 1.82) is 0 Å². The van der Waals surface area contributed by atoms with E-state index in [0.717, 1.165) is 6.07 Å². The van der Waals surface area contributed by atoms with Gasteiger partial charge in [0, 0.05) is 5.56 Å². The number of rotatable bonds is 1. The average Bonchev–Trinajstić information content (AvgIpc) is 2.01. The van der Waals surface area contributed by atoms with Crippen LogP contribution in [-0.4, -0.2) is 12.0 Å². The van der Waals surface area contributed by atoms with E-state index in [9.17, 15) is 22.4 Å². The minimum atomic E-state index is -5.00. The molecule has 0 aromatic heterocycles. The number of ketones is 1. The van der Waals surface area contributed by atoms with Gasteiger partial charge in [-0.2, -0.15) is 13.2 Å². The zero-order valence-corrected chi connectivity index (χ0v) is 7.29. The molecule has 0 heterocycles. The molecule has 0 unspecified atom stereocenters. The predicted molar refractivity (Wildman–Crippen MR) is 41.8 cm³/mol. The van der Waals surface area contributed by atoms with E-state index in [1.807, 2.05) is 0 Å². The molecule has 1 nitrogen and oxygen atoms in total. The molecule has 0 N–H and O–H groups in total. The van der Waals surface area contributed by atoms with Crippen molar-refractivity contribution in [2.24, 2.45) is 0 Å². The fourth-order valence-corrected chi connectivity index (χ4v) is 1.08. The zero-order chi connectivity index (χ0) is 10.9. The molecule has 0 spiro atoms. The molecule has 0 saturated carbocycles. The predicted octanol–water partition coefficient (Wildman–Crippen LogP) is 3.22. The van der Waals surface area contributed by atoms with Crippen LogP contribution in [0.15, 0.2) is 18.2 Å². The molecule has 6 heteroatoms. The molecule has 76 valence electrons. The molecule has 0 aliphatic rings. The van der Waals surface area contributed by atoms with Crippen LogP contribution < -0.4 is 0 Å².